The summed E-state index contributed by atoms with van der Waals surface area (Å²) in [5.41, 5.74) is 4.76. The van der Waals surface area contributed by atoms with Crippen LogP contribution in [0.4, 0.5) is 11.4 Å². The molecule has 0 spiro atoms. The molecule has 0 radical (unpaired) electrons. The average molecular weight is 515 g/mol. The van der Waals surface area contributed by atoms with E-state index >= 15 is 0 Å². The molecule has 3 aromatic carbocycles. The molecule has 37 heavy (non-hydrogen) atoms. The number of aliphatic imine (C=N–C) groups is 2. The Morgan fingerprint density at radius 2 is 1.22 bits per heavy atom. The van der Waals surface area contributed by atoms with E-state index < -0.39 is 0 Å². The summed E-state index contributed by atoms with van der Waals surface area (Å²) in [6.45, 7) is 3.28. The molecule has 0 fully saturated rings. The maximum atomic E-state index is 12.6. The van der Waals surface area contributed by atoms with E-state index in [-0.39, 0.29) is 24.2 Å². The minimum atomic E-state index is -0.233. The quantitative estimate of drug-likeness (QED) is 0.360. The van der Waals surface area contributed by atoms with E-state index in [9.17, 15) is 9.59 Å². The van der Waals surface area contributed by atoms with Crippen molar-refractivity contribution in [3.05, 3.63) is 101 Å². The molecule has 0 saturated heterocycles. The Labute approximate surface area is 221 Å². The van der Waals surface area contributed by atoms with Gasteiger partial charge in [-0.2, -0.15) is 0 Å². The van der Waals surface area contributed by atoms with Gasteiger partial charge >= 0.3 is 0 Å². The Hall–Kier alpha value is -4.43. The van der Waals surface area contributed by atoms with Crippen molar-refractivity contribution in [1.82, 2.24) is 10.6 Å². The summed E-state index contributed by atoms with van der Waals surface area (Å²) < 4.78 is 0. The molecule has 4 N–H and O–H groups in total. The number of benzene rings is 3. The molecule has 2 aliphatic heterocycles. The highest BCUT2D eigenvalue weighted by Crippen LogP contribution is 2.15. The summed E-state index contributed by atoms with van der Waals surface area (Å²) >= 11 is 0. The number of nitrogens with zero attached hydrogens (tertiary/aromatic N) is 2. The van der Waals surface area contributed by atoms with Gasteiger partial charge in [0.05, 0.1) is 13.1 Å². The molecule has 9 heteroatoms. The average Bonchev–Trinajstić information content (AvgIpc) is 3.64. The first-order valence-electron chi connectivity index (χ1n) is 11.8. The summed E-state index contributed by atoms with van der Waals surface area (Å²) in [5.74, 6) is 1.34. The van der Waals surface area contributed by atoms with Gasteiger partial charge in [0.1, 0.15) is 11.7 Å². The van der Waals surface area contributed by atoms with Gasteiger partial charge in [0.2, 0.25) is 5.91 Å². The summed E-state index contributed by atoms with van der Waals surface area (Å²) in [6.07, 6.45) is 3.18. The van der Waals surface area contributed by atoms with E-state index in [0.717, 1.165) is 54.5 Å². The minimum Gasteiger partial charge on any atom is -0.368 e. The molecule has 3 aromatic rings. The number of nitrogens with one attached hydrogen (secondary N) is 4. The van der Waals surface area contributed by atoms with Crippen LogP contribution in [0.3, 0.4) is 0 Å². The van der Waals surface area contributed by atoms with Crippen LogP contribution < -0.4 is 21.3 Å². The van der Waals surface area contributed by atoms with Crippen molar-refractivity contribution in [2.24, 2.45) is 9.98 Å². The van der Waals surface area contributed by atoms with E-state index in [2.05, 4.69) is 31.3 Å². The van der Waals surface area contributed by atoms with Crippen molar-refractivity contribution >= 4 is 53.3 Å². The molecule has 8 nitrogen and oxygen atoms in total. The summed E-state index contributed by atoms with van der Waals surface area (Å²) in [6, 6.07) is 22.2. The van der Waals surface area contributed by atoms with Gasteiger partial charge in [0, 0.05) is 47.2 Å². The van der Waals surface area contributed by atoms with E-state index in [1.807, 2.05) is 48.5 Å². The number of halogens is 1. The molecule has 5 rings (SSSR count). The molecule has 0 aliphatic carbocycles. The third-order valence-corrected chi connectivity index (χ3v) is 5.79. The molecular formula is C28H27ClN6O2. The number of rotatable bonds is 7. The number of anilines is 2. The maximum absolute atomic E-state index is 12.6. The molecule has 2 amide bonds. The molecular weight excluding hydrogens is 488 g/mol. The highest BCUT2D eigenvalue weighted by Gasteiger charge is 2.10. The summed E-state index contributed by atoms with van der Waals surface area (Å²) in [7, 11) is 0. The Kier molecular flexibility index (Phi) is 8.33. The van der Waals surface area contributed by atoms with Crippen LogP contribution in [0.15, 0.2) is 88.9 Å². The second-order valence-electron chi connectivity index (χ2n) is 8.37. The highest BCUT2D eigenvalue weighted by molar-refractivity contribution is 6.06. The van der Waals surface area contributed by atoms with Gasteiger partial charge in [-0.25, -0.2) is 0 Å². The zero-order valence-electron chi connectivity index (χ0n) is 20.0. The van der Waals surface area contributed by atoms with Gasteiger partial charge in [-0.1, -0.05) is 12.1 Å². The van der Waals surface area contributed by atoms with Crippen LogP contribution in [-0.2, 0) is 4.79 Å². The van der Waals surface area contributed by atoms with Crippen LogP contribution in [0.1, 0.15) is 27.0 Å². The lowest BCUT2D eigenvalue weighted by molar-refractivity contribution is -0.111. The molecule has 0 atom stereocenters. The molecule has 0 bridgehead atoms. The highest BCUT2D eigenvalue weighted by atomic mass is 35.5. The fourth-order valence-corrected chi connectivity index (χ4v) is 3.91. The Morgan fingerprint density at radius 3 is 1.70 bits per heavy atom. The predicted octanol–water partition coefficient (Wildman–Crippen LogP) is 3.71. The number of carbonyl (C=O) groups is 2. The fraction of sp³-hybridized carbons (Fsp3) is 0.143. The SMILES string of the molecule is Cl.O=C(/C=C/c1ccc(C(=O)Nc2ccc(C3=NCCN3)cc2)cc1)Nc1ccc(C2=NCCN2)cc1. The van der Waals surface area contributed by atoms with Gasteiger partial charge in [-0.3, -0.25) is 19.6 Å². The third-order valence-electron chi connectivity index (χ3n) is 5.79. The van der Waals surface area contributed by atoms with E-state index in [0.29, 0.717) is 16.9 Å². The number of amides is 2. The molecule has 0 aromatic heterocycles. The van der Waals surface area contributed by atoms with Crippen LogP contribution >= 0.6 is 12.4 Å². The van der Waals surface area contributed by atoms with Crippen molar-refractivity contribution in [3.63, 3.8) is 0 Å². The van der Waals surface area contributed by atoms with E-state index in [1.165, 1.54) is 6.08 Å². The predicted molar refractivity (Wildman–Crippen MR) is 151 cm³/mol. The lowest BCUT2D eigenvalue weighted by Crippen LogP contribution is -2.19. The normalized spacial score (nSPS) is 14.2. The number of hydrogen-bond acceptors (Lipinski definition) is 6. The van der Waals surface area contributed by atoms with Crippen molar-refractivity contribution in [2.75, 3.05) is 36.8 Å². The third kappa shape index (κ3) is 6.62. The zero-order valence-corrected chi connectivity index (χ0v) is 20.8. The van der Waals surface area contributed by atoms with Crippen LogP contribution in [0.25, 0.3) is 6.08 Å². The van der Waals surface area contributed by atoms with Gasteiger partial charge in [0.25, 0.3) is 5.91 Å². The maximum Gasteiger partial charge on any atom is 0.255 e. The number of carbonyl (C=O) groups excluding carboxylic acids is 2. The number of amidine groups is 2. The topological polar surface area (TPSA) is 107 Å². The van der Waals surface area contributed by atoms with Crippen molar-refractivity contribution in [2.45, 2.75) is 0 Å². The summed E-state index contributed by atoms with van der Waals surface area (Å²) in [5, 5.41) is 12.2. The van der Waals surface area contributed by atoms with Crippen molar-refractivity contribution < 1.29 is 9.59 Å². The van der Waals surface area contributed by atoms with Crippen LogP contribution in [0, 0.1) is 0 Å². The zero-order chi connectivity index (χ0) is 24.7. The lowest BCUT2D eigenvalue weighted by Gasteiger charge is -2.07. The lowest BCUT2D eigenvalue weighted by atomic mass is 10.1. The fourth-order valence-electron chi connectivity index (χ4n) is 3.91. The van der Waals surface area contributed by atoms with Crippen molar-refractivity contribution in [3.8, 4) is 0 Å². The molecule has 0 unspecified atom stereocenters. The largest absolute Gasteiger partial charge is 0.368 e. The first-order chi connectivity index (χ1) is 17.6. The molecule has 188 valence electrons. The van der Waals surface area contributed by atoms with Crippen LogP contribution in [0.5, 0.6) is 0 Å². The van der Waals surface area contributed by atoms with Crippen molar-refractivity contribution in [1.29, 1.82) is 0 Å². The van der Waals surface area contributed by atoms with Gasteiger partial charge < -0.3 is 21.3 Å². The Bertz CT molecular complexity index is 1350. The first-order valence-corrected chi connectivity index (χ1v) is 11.8. The van der Waals surface area contributed by atoms with Crippen LogP contribution in [0.2, 0.25) is 0 Å². The molecule has 0 saturated carbocycles. The second-order valence-corrected chi connectivity index (χ2v) is 8.37. The molecule has 2 aliphatic rings. The number of hydrogen-bond donors (Lipinski definition) is 4. The second kappa shape index (κ2) is 12.0. The van der Waals surface area contributed by atoms with E-state index in [1.54, 1.807) is 30.3 Å². The van der Waals surface area contributed by atoms with Gasteiger partial charge in [0.15, 0.2) is 0 Å². The minimum absolute atomic E-state index is 0. The Morgan fingerprint density at radius 1 is 0.703 bits per heavy atom. The molecule has 2 heterocycles. The van der Waals surface area contributed by atoms with Gasteiger partial charge in [-0.05, 0) is 72.3 Å². The summed E-state index contributed by atoms with van der Waals surface area (Å²) in [4.78, 5) is 33.7. The Balaban J connectivity index is 0.00000320. The van der Waals surface area contributed by atoms with E-state index in [4.69, 9.17) is 0 Å². The first kappa shape index (κ1) is 25.7. The van der Waals surface area contributed by atoms with Gasteiger partial charge in [-0.15, -0.1) is 12.4 Å². The monoisotopic (exact) mass is 514 g/mol. The van der Waals surface area contributed by atoms with Crippen LogP contribution in [-0.4, -0.2) is 49.7 Å². The standard InChI is InChI=1S/C28H26N6O2.ClH/c35-25(33-23-10-6-20(7-11-23)26-29-15-16-30-26)14-3-19-1-4-22(5-2-19)28(36)34-24-12-8-21(9-13-24)27-31-17-18-32-27;/h1-14H,15-18H2,(H,29,30)(H,31,32)(H,33,35)(H,34,36);1H/b14-3+;. The smallest absolute Gasteiger partial charge is 0.255 e.